The Bertz CT molecular complexity index is 754. The van der Waals surface area contributed by atoms with Gasteiger partial charge in [-0.05, 0) is 6.07 Å². The van der Waals surface area contributed by atoms with Gasteiger partial charge < -0.3 is 14.7 Å². The third-order valence-electron chi connectivity index (χ3n) is 3.83. The van der Waals surface area contributed by atoms with Crippen molar-refractivity contribution in [2.75, 3.05) is 45.2 Å². The number of nitrogens with zero attached hydrogens (tertiary/aromatic N) is 6. The van der Waals surface area contributed by atoms with Crippen molar-refractivity contribution in [3.05, 3.63) is 33.4 Å². The normalized spacial score (nSPS) is 13.8. The van der Waals surface area contributed by atoms with E-state index in [2.05, 4.69) is 0 Å². The first kappa shape index (κ1) is 17.0. The number of hydrogen-bond donors (Lipinski definition) is 0. The van der Waals surface area contributed by atoms with Crippen LogP contribution in [-0.4, -0.2) is 61.0 Å². The maximum atomic E-state index is 11.9. The van der Waals surface area contributed by atoms with Gasteiger partial charge in [0, 0.05) is 46.3 Å². The van der Waals surface area contributed by atoms with Gasteiger partial charge in [-0.25, -0.2) is 4.79 Å². The highest BCUT2D eigenvalue weighted by Crippen LogP contribution is 2.32. The molecule has 0 unspecified atom stereocenters. The van der Waals surface area contributed by atoms with E-state index in [-0.39, 0.29) is 22.8 Å². The Morgan fingerprint density at radius 2 is 1.71 bits per heavy atom. The highest BCUT2D eigenvalue weighted by atomic mass is 16.6. The molecule has 1 fully saturated rings. The third-order valence-corrected chi connectivity index (χ3v) is 3.83. The number of urea groups is 1. The van der Waals surface area contributed by atoms with Crippen LogP contribution in [0.4, 0.5) is 16.2 Å². The van der Waals surface area contributed by atoms with Crippen LogP contribution in [0.3, 0.4) is 0 Å². The number of amides is 2. The largest absolute Gasteiger partial charge is 0.362 e. The second kappa shape index (κ2) is 6.84. The van der Waals surface area contributed by atoms with E-state index >= 15 is 0 Å². The van der Waals surface area contributed by atoms with E-state index < -0.39 is 4.92 Å². The van der Waals surface area contributed by atoms with Crippen LogP contribution in [0.1, 0.15) is 11.1 Å². The molecule has 0 N–H and O–H groups in total. The Labute approximate surface area is 139 Å². The monoisotopic (exact) mass is 328 g/mol. The Morgan fingerprint density at radius 1 is 1.17 bits per heavy atom. The lowest BCUT2D eigenvalue weighted by Crippen LogP contribution is -2.51. The van der Waals surface area contributed by atoms with Gasteiger partial charge in [-0.2, -0.15) is 10.5 Å². The van der Waals surface area contributed by atoms with Gasteiger partial charge in [0.25, 0.3) is 5.69 Å². The first-order chi connectivity index (χ1) is 11.4. The van der Waals surface area contributed by atoms with Crippen LogP contribution in [0, 0.1) is 32.8 Å². The lowest BCUT2D eigenvalue weighted by atomic mass is 10.1. The fourth-order valence-corrected chi connectivity index (χ4v) is 2.58. The highest BCUT2D eigenvalue weighted by molar-refractivity contribution is 5.75. The van der Waals surface area contributed by atoms with E-state index in [4.69, 9.17) is 10.5 Å². The van der Waals surface area contributed by atoms with Crippen LogP contribution in [0.25, 0.3) is 0 Å². The number of nitriles is 2. The SMILES string of the molecule is CN(C)C(=O)N1CCN(c2cc(C#N)c(C#N)cc2[N+](=O)[O-])CC1. The number of rotatable bonds is 2. The minimum atomic E-state index is -0.561. The van der Waals surface area contributed by atoms with Gasteiger partial charge in [-0.15, -0.1) is 0 Å². The van der Waals surface area contributed by atoms with Crippen molar-refractivity contribution in [2.45, 2.75) is 0 Å². The lowest BCUT2D eigenvalue weighted by molar-refractivity contribution is -0.384. The number of carbonyl (C=O) groups is 1. The van der Waals surface area contributed by atoms with Crippen LogP contribution < -0.4 is 4.90 Å². The molecule has 0 aliphatic carbocycles. The summed E-state index contributed by atoms with van der Waals surface area (Å²) in [6.07, 6.45) is 0. The van der Waals surface area contributed by atoms with E-state index in [1.54, 1.807) is 30.0 Å². The van der Waals surface area contributed by atoms with Crippen molar-refractivity contribution in [1.29, 1.82) is 10.5 Å². The molecule has 24 heavy (non-hydrogen) atoms. The molecular formula is C15H16N6O3. The Balaban J connectivity index is 2.30. The standard InChI is InChI=1S/C15H16N6O3/c1-18(2)15(22)20-5-3-19(4-6-20)13-7-11(9-16)12(10-17)8-14(13)21(23)24/h7-8H,3-6H2,1-2H3. The molecule has 2 amide bonds. The quantitative estimate of drug-likeness (QED) is 0.593. The third kappa shape index (κ3) is 3.20. The summed E-state index contributed by atoms with van der Waals surface area (Å²) >= 11 is 0. The zero-order valence-electron chi connectivity index (χ0n) is 13.4. The molecule has 1 saturated heterocycles. The summed E-state index contributed by atoms with van der Waals surface area (Å²) < 4.78 is 0. The van der Waals surface area contributed by atoms with Crippen molar-refractivity contribution in [2.24, 2.45) is 0 Å². The van der Waals surface area contributed by atoms with Crippen LogP contribution in [-0.2, 0) is 0 Å². The summed E-state index contributed by atoms with van der Waals surface area (Å²) in [5, 5.41) is 29.5. The predicted octanol–water partition coefficient (Wildman–Crippen LogP) is 1.14. The van der Waals surface area contributed by atoms with Gasteiger partial charge in [0.2, 0.25) is 0 Å². The van der Waals surface area contributed by atoms with Crippen molar-refractivity contribution >= 4 is 17.4 Å². The molecule has 0 spiro atoms. The molecular weight excluding hydrogens is 312 g/mol. The smallest absolute Gasteiger partial charge is 0.319 e. The molecule has 1 aromatic carbocycles. The number of nitro groups is 1. The first-order valence-corrected chi connectivity index (χ1v) is 7.22. The van der Waals surface area contributed by atoms with Gasteiger partial charge in [0.15, 0.2) is 0 Å². The highest BCUT2D eigenvalue weighted by Gasteiger charge is 2.27. The van der Waals surface area contributed by atoms with Crippen molar-refractivity contribution in [3.63, 3.8) is 0 Å². The fourth-order valence-electron chi connectivity index (χ4n) is 2.58. The second-order valence-corrected chi connectivity index (χ2v) is 5.52. The zero-order valence-corrected chi connectivity index (χ0v) is 13.4. The van der Waals surface area contributed by atoms with E-state index in [9.17, 15) is 14.9 Å². The van der Waals surface area contributed by atoms with E-state index in [0.717, 1.165) is 6.07 Å². The summed E-state index contributed by atoms with van der Waals surface area (Å²) in [6.45, 7) is 1.68. The molecule has 9 heteroatoms. The molecule has 1 aromatic rings. The molecule has 0 bridgehead atoms. The number of nitro benzene ring substituents is 1. The Morgan fingerprint density at radius 3 is 2.17 bits per heavy atom. The fraction of sp³-hybridized carbons (Fsp3) is 0.400. The van der Waals surface area contributed by atoms with E-state index in [1.807, 2.05) is 6.07 Å². The number of carbonyl (C=O) groups excluding carboxylic acids is 1. The van der Waals surface area contributed by atoms with Crippen LogP contribution in [0.5, 0.6) is 0 Å². The van der Waals surface area contributed by atoms with Gasteiger partial charge in [-0.3, -0.25) is 10.1 Å². The zero-order chi connectivity index (χ0) is 17.9. The molecule has 1 aliphatic rings. The van der Waals surface area contributed by atoms with Crippen molar-refractivity contribution in [3.8, 4) is 12.1 Å². The molecule has 0 saturated carbocycles. The van der Waals surface area contributed by atoms with Crippen LogP contribution in [0.2, 0.25) is 0 Å². The number of piperazine rings is 1. The van der Waals surface area contributed by atoms with Gasteiger partial charge in [0.05, 0.1) is 16.1 Å². The lowest BCUT2D eigenvalue weighted by Gasteiger charge is -2.36. The van der Waals surface area contributed by atoms with Gasteiger partial charge in [-0.1, -0.05) is 0 Å². The number of benzene rings is 1. The maximum Gasteiger partial charge on any atom is 0.319 e. The summed E-state index contributed by atoms with van der Waals surface area (Å²) in [4.78, 5) is 27.6. The minimum absolute atomic E-state index is 0.0191. The Kier molecular flexibility index (Phi) is 4.85. The average Bonchev–Trinajstić information content (AvgIpc) is 2.59. The van der Waals surface area contributed by atoms with E-state index in [1.165, 1.54) is 11.0 Å². The summed E-state index contributed by atoms with van der Waals surface area (Å²) in [5.41, 5.74) is 0.171. The number of anilines is 1. The van der Waals surface area contributed by atoms with Crippen LogP contribution >= 0.6 is 0 Å². The molecule has 124 valence electrons. The molecule has 1 aliphatic heterocycles. The molecule has 1 heterocycles. The van der Waals surface area contributed by atoms with Gasteiger partial charge in [0.1, 0.15) is 17.8 Å². The molecule has 0 atom stereocenters. The number of hydrogen-bond acceptors (Lipinski definition) is 6. The summed E-state index contributed by atoms with van der Waals surface area (Å²) in [7, 11) is 3.33. The maximum absolute atomic E-state index is 11.9. The topological polar surface area (TPSA) is 118 Å². The summed E-state index contributed by atoms with van der Waals surface area (Å²) in [5.74, 6) is 0. The van der Waals surface area contributed by atoms with Crippen molar-refractivity contribution < 1.29 is 9.72 Å². The average molecular weight is 328 g/mol. The first-order valence-electron chi connectivity index (χ1n) is 7.22. The molecule has 9 nitrogen and oxygen atoms in total. The van der Waals surface area contributed by atoms with Gasteiger partial charge >= 0.3 is 6.03 Å². The Hall–Kier alpha value is -3.33. The predicted molar refractivity (Wildman–Crippen MR) is 85.4 cm³/mol. The van der Waals surface area contributed by atoms with Crippen LogP contribution in [0.15, 0.2) is 12.1 Å². The van der Waals surface area contributed by atoms with E-state index in [0.29, 0.717) is 31.9 Å². The minimum Gasteiger partial charge on any atom is -0.362 e. The molecule has 0 aromatic heterocycles. The molecule has 2 rings (SSSR count). The molecule has 0 radical (unpaired) electrons. The van der Waals surface area contributed by atoms with Crippen molar-refractivity contribution in [1.82, 2.24) is 9.80 Å². The summed E-state index contributed by atoms with van der Waals surface area (Å²) in [6, 6.07) is 6.09. The second-order valence-electron chi connectivity index (χ2n) is 5.52.